The average molecular weight is 345 g/mol. The summed E-state index contributed by atoms with van der Waals surface area (Å²) in [5.41, 5.74) is 2.18. The largest absolute Gasteiger partial charge is 0.482 e. The molecule has 1 unspecified atom stereocenters. The molecule has 24 heavy (non-hydrogen) atoms. The van der Waals surface area contributed by atoms with Crippen molar-refractivity contribution in [2.45, 2.75) is 19.9 Å². The quantitative estimate of drug-likeness (QED) is 0.928. The molecule has 2 aromatic rings. The predicted molar refractivity (Wildman–Crippen MR) is 93.7 cm³/mol. The summed E-state index contributed by atoms with van der Waals surface area (Å²) >= 11 is 6.03. The van der Waals surface area contributed by atoms with E-state index in [1.165, 1.54) is 4.90 Å². The van der Waals surface area contributed by atoms with Gasteiger partial charge < -0.3 is 10.1 Å². The maximum absolute atomic E-state index is 12.6. The molecule has 1 heterocycles. The van der Waals surface area contributed by atoms with E-state index >= 15 is 0 Å². The molecule has 1 aliphatic heterocycles. The number of para-hydroxylation sites is 1. The van der Waals surface area contributed by atoms with E-state index in [1.807, 2.05) is 31.2 Å². The van der Waals surface area contributed by atoms with Crippen molar-refractivity contribution in [2.24, 2.45) is 0 Å². The van der Waals surface area contributed by atoms with E-state index in [-0.39, 0.29) is 18.4 Å². The van der Waals surface area contributed by atoms with Crippen LogP contribution >= 0.6 is 11.6 Å². The molecule has 0 saturated heterocycles. The molecule has 6 heteroatoms. The minimum absolute atomic E-state index is 0.101. The van der Waals surface area contributed by atoms with Crippen molar-refractivity contribution in [3.8, 4) is 5.75 Å². The number of nitrogens with one attached hydrogen (secondary N) is 1. The van der Waals surface area contributed by atoms with E-state index in [1.54, 1.807) is 25.1 Å². The summed E-state index contributed by atoms with van der Waals surface area (Å²) in [6, 6.07) is 11.8. The summed E-state index contributed by atoms with van der Waals surface area (Å²) in [7, 11) is 0. The summed E-state index contributed by atoms with van der Waals surface area (Å²) in [6.07, 6.45) is 0. The molecule has 0 bridgehead atoms. The van der Waals surface area contributed by atoms with Crippen LogP contribution in [0.1, 0.15) is 12.5 Å². The van der Waals surface area contributed by atoms with Crippen molar-refractivity contribution >= 4 is 34.8 Å². The van der Waals surface area contributed by atoms with Gasteiger partial charge in [-0.05, 0) is 43.7 Å². The summed E-state index contributed by atoms with van der Waals surface area (Å²) in [4.78, 5) is 26.4. The van der Waals surface area contributed by atoms with Gasteiger partial charge >= 0.3 is 0 Å². The minimum atomic E-state index is -0.696. The third kappa shape index (κ3) is 3.08. The third-order valence-corrected chi connectivity index (χ3v) is 4.21. The van der Waals surface area contributed by atoms with Crippen molar-refractivity contribution in [2.75, 3.05) is 16.8 Å². The van der Waals surface area contributed by atoms with E-state index in [0.717, 1.165) is 11.3 Å². The van der Waals surface area contributed by atoms with Gasteiger partial charge in [-0.15, -0.1) is 0 Å². The molecule has 2 amide bonds. The fourth-order valence-corrected chi connectivity index (χ4v) is 2.80. The number of hydrogen-bond acceptors (Lipinski definition) is 3. The number of rotatable bonds is 3. The van der Waals surface area contributed by atoms with Gasteiger partial charge in [-0.1, -0.05) is 29.8 Å². The van der Waals surface area contributed by atoms with Crippen LogP contribution in [0.3, 0.4) is 0 Å². The van der Waals surface area contributed by atoms with Crippen molar-refractivity contribution in [1.82, 2.24) is 0 Å². The highest BCUT2D eigenvalue weighted by Crippen LogP contribution is 2.35. The van der Waals surface area contributed by atoms with Crippen LogP contribution in [0.2, 0.25) is 5.02 Å². The van der Waals surface area contributed by atoms with Gasteiger partial charge in [0.1, 0.15) is 11.8 Å². The highest BCUT2D eigenvalue weighted by atomic mass is 35.5. The van der Waals surface area contributed by atoms with Gasteiger partial charge in [0.05, 0.1) is 5.69 Å². The van der Waals surface area contributed by atoms with Crippen molar-refractivity contribution < 1.29 is 14.3 Å². The minimum Gasteiger partial charge on any atom is -0.482 e. The first kappa shape index (κ1) is 16.3. The second-order valence-corrected chi connectivity index (χ2v) is 6.08. The van der Waals surface area contributed by atoms with E-state index in [2.05, 4.69) is 5.32 Å². The SMILES string of the molecule is Cc1ccccc1NC(=O)C(C)N1C(=O)COc2ccc(Cl)cc21. The molecule has 0 aliphatic carbocycles. The Kier molecular flexibility index (Phi) is 4.44. The molecular weight excluding hydrogens is 328 g/mol. The van der Waals surface area contributed by atoms with E-state index in [0.29, 0.717) is 16.5 Å². The summed E-state index contributed by atoms with van der Waals surface area (Å²) in [5.74, 6) is -0.0165. The first-order valence-electron chi connectivity index (χ1n) is 7.58. The van der Waals surface area contributed by atoms with Gasteiger partial charge in [0.25, 0.3) is 5.91 Å². The number of benzene rings is 2. The number of fused-ring (bicyclic) bond motifs is 1. The van der Waals surface area contributed by atoms with Crippen LogP contribution in [0.4, 0.5) is 11.4 Å². The summed E-state index contributed by atoms with van der Waals surface area (Å²) in [6.45, 7) is 3.49. The molecule has 0 saturated carbocycles. The molecule has 124 valence electrons. The Morgan fingerprint density at radius 1 is 1.29 bits per heavy atom. The third-order valence-electron chi connectivity index (χ3n) is 3.97. The average Bonchev–Trinajstić information content (AvgIpc) is 2.56. The lowest BCUT2D eigenvalue weighted by molar-refractivity contribution is -0.125. The van der Waals surface area contributed by atoms with Gasteiger partial charge in [0.15, 0.2) is 6.61 Å². The van der Waals surface area contributed by atoms with Gasteiger partial charge in [-0.2, -0.15) is 0 Å². The second-order valence-electron chi connectivity index (χ2n) is 5.64. The number of carbonyl (C=O) groups is 2. The molecule has 5 nitrogen and oxygen atoms in total. The maximum atomic E-state index is 12.6. The molecule has 0 radical (unpaired) electrons. The molecule has 0 aromatic heterocycles. The number of amides is 2. The summed E-state index contributed by atoms with van der Waals surface area (Å²) < 4.78 is 5.41. The highest BCUT2D eigenvalue weighted by molar-refractivity contribution is 6.31. The van der Waals surface area contributed by atoms with Gasteiger partial charge in [-0.3, -0.25) is 14.5 Å². The van der Waals surface area contributed by atoms with Crippen LogP contribution in [-0.2, 0) is 9.59 Å². The monoisotopic (exact) mass is 344 g/mol. The fourth-order valence-electron chi connectivity index (χ4n) is 2.64. The first-order valence-corrected chi connectivity index (χ1v) is 7.96. The molecular formula is C18H17ClN2O3. The van der Waals surface area contributed by atoms with Crippen LogP contribution in [0, 0.1) is 6.92 Å². The topological polar surface area (TPSA) is 58.6 Å². The van der Waals surface area contributed by atoms with Crippen LogP contribution in [0.15, 0.2) is 42.5 Å². The Bertz CT molecular complexity index is 807. The Morgan fingerprint density at radius 2 is 2.04 bits per heavy atom. The normalized spacial score (nSPS) is 14.6. The van der Waals surface area contributed by atoms with Crippen LogP contribution in [0.25, 0.3) is 0 Å². The van der Waals surface area contributed by atoms with Crippen LogP contribution < -0.4 is 15.0 Å². The molecule has 1 N–H and O–H groups in total. The van der Waals surface area contributed by atoms with Crippen molar-refractivity contribution in [3.05, 3.63) is 53.1 Å². The lowest BCUT2D eigenvalue weighted by Gasteiger charge is -2.33. The van der Waals surface area contributed by atoms with E-state index in [9.17, 15) is 9.59 Å². The molecule has 3 rings (SSSR count). The number of aryl methyl sites for hydroxylation is 1. The second kappa shape index (κ2) is 6.53. The number of ether oxygens (including phenoxy) is 1. The molecule has 1 atom stereocenters. The fraction of sp³-hybridized carbons (Fsp3) is 0.222. The van der Waals surface area contributed by atoms with Crippen molar-refractivity contribution in [3.63, 3.8) is 0 Å². The summed E-state index contributed by atoms with van der Waals surface area (Å²) in [5, 5.41) is 3.34. The van der Waals surface area contributed by atoms with Crippen LogP contribution in [0.5, 0.6) is 5.75 Å². The van der Waals surface area contributed by atoms with Gasteiger partial charge in [0.2, 0.25) is 5.91 Å². The Balaban J connectivity index is 1.88. The first-order chi connectivity index (χ1) is 11.5. The Hall–Kier alpha value is -2.53. The van der Waals surface area contributed by atoms with E-state index in [4.69, 9.17) is 16.3 Å². The highest BCUT2D eigenvalue weighted by Gasteiger charge is 2.33. The standard InChI is InChI=1S/C18H17ClN2O3/c1-11-5-3-4-6-14(11)20-18(23)12(2)21-15-9-13(19)7-8-16(15)24-10-17(21)22/h3-9,12H,10H2,1-2H3,(H,20,23). The molecule has 2 aromatic carbocycles. The Labute approximate surface area is 145 Å². The number of anilines is 2. The van der Waals surface area contributed by atoms with Gasteiger partial charge in [-0.25, -0.2) is 0 Å². The van der Waals surface area contributed by atoms with Crippen molar-refractivity contribution in [1.29, 1.82) is 0 Å². The zero-order valence-corrected chi connectivity index (χ0v) is 14.1. The predicted octanol–water partition coefficient (Wildman–Crippen LogP) is 3.40. The smallest absolute Gasteiger partial charge is 0.265 e. The molecule has 0 fully saturated rings. The van der Waals surface area contributed by atoms with E-state index < -0.39 is 6.04 Å². The zero-order valence-electron chi connectivity index (χ0n) is 13.4. The maximum Gasteiger partial charge on any atom is 0.265 e. The number of nitrogens with zero attached hydrogens (tertiary/aromatic N) is 1. The Morgan fingerprint density at radius 3 is 2.79 bits per heavy atom. The number of carbonyl (C=O) groups excluding carboxylic acids is 2. The molecule has 0 spiro atoms. The lowest BCUT2D eigenvalue weighted by atomic mass is 10.1. The lowest BCUT2D eigenvalue weighted by Crippen LogP contribution is -2.49. The molecule has 1 aliphatic rings. The van der Waals surface area contributed by atoms with Gasteiger partial charge in [0, 0.05) is 10.7 Å². The van der Waals surface area contributed by atoms with Crippen LogP contribution in [-0.4, -0.2) is 24.5 Å². The zero-order chi connectivity index (χ0) is 17.3. The number of hydrogen-bond donors (Lipinski definition) is 1. The number of halogens is 1.